The third-order valence-corrected chi connectivity index (χ3v) is 5.13. The average molecular weight is 427 g/mol. The van der Waals surface area contributed by atoms with Gasteiger partial charge in [-0.2, -0.15) is 0 Å². The predicted molar refractivity (Wildman–Crippen MR) is 116 cm³/mol. The van der Waals surface area contributed by atoms with Crippen molar-refractivity contribution >= 4 is 16.9 Å². The monoisotopic (exact) mass is 427 g/mol. The van der Waals surface area contributed by atoms with Crippen molar-refractivity contribution in [2.24, 2.45) is 5.92 Å². The van der Waals surface area contributed by atoms with Crippen molar-refractivity contribution in [2.45, 2.75) is 33.4 Å². The molecule has 0 aliphatic heterocycles. The van der Waals surface area contributed by atoms with Crippen LogP contribution in [0.2, 0.25) is 0 Å². The van der Waals surface area contributed by atoms with E-state index in [-0.39, 0.29) is 43.2 Å². The number of aromatic nitrogens is 1. The molecule has 7 heteroatoms. The summed E-state index contributed by atoms with van der Waals surface area (Å²) in [5.74, 6) is -0.543. The smallest absolute Gasteiger partial charge is 0.343 e. The zero-order valence-corrected chi connectivity index (χ0v) is 17.8. The van der Waals surface area contributed by atoms with Gasteiger partial charge in [0, 0.05) is 6.20 Å². The molecule has 0 saturated carbocycles. The first-order valence-electron chi connectivity index (χ1n) is 10.2. The van der Waals surface area contributed by atoms with Crippen molar-refractivity contribution < 1.29 is 23.8 Å². The van der Waals surface area contributed by atoms with Crippen molar-refractivity contribution in [1.29, 1.82) is 0 Å². The van der Waals surface area contributed by atoms with Gasteiger partial charge in [0.1, 0.15) is 23.7 Å². The third-order valence-electron chi connectivity index (χ3n) is 5.13. The number of carbonyl (C=O) groups is 1. The molecule has 0 amide bonds. The lowest BCUT2D eigenvalue weighted by Gasteiger charge is -2.25. The molecule has 1 N–H and O–H groups in total. The number of halogens is 1. The van der Waals surface area contributed by atoms with Gasteiger partial charge in [0.05, 0.1) is 30.2 Å². The maximum Gasteiger partial charge on any atom is 0.343 e. The van der Waals surface area contributed by atoms with E-state index in [0.29, 0.717) is 16.7 Å². The molecular formula is C24H26FNO5. The van der Waals surface area contributed by atoms with Crippen molar-refractivity contribution in [3.8, 4) is 5.75 Å². The average Bonchev–Trinajstić information content (AvgIpc) is 2.75. The topological polar surface area (TPSA) is 77.8 Å². The molecule has 2 aromatic carbocycles. The number of nitrogens with zero attached hydrogens (tertiary/aromatic N) is 1. The number of hydrogen-bond acceptors (Lipinski definition) is 5. The zero-order chi connectivity index (χ0) is 22.5. The van der Waals surface area contributed by atoms with E-state index in [2.05, 4.69) is 0 Å². The largest absolute Gasteiger partial charge is 0.489 e. The van der Waals surface area contributed by atoms with Crippen LogP contribution in [0, 0.1) is 11.7 Å². The Morgan fingerprint density at radius 1 is 1.16 bits per heavy atom. The van der Waals surface area contributed by atoms with Crippen molar-refractivity contribution in [3.05, 3.63) is 75.8 Å². The van der Waals surface area contributed by atoms with E-state index in [0.717, 1.165) is 5.56 Å². The fourth-order valence-electron chi connectivity index (χ4n) is 3.42. The first kappa shape index (κ1) is 22.5. The minimum atomic E-state index is -0.707. The number of esters is 1. The molecule has 0 spiro atoms. The van der Waals surface area contributed by atoms with Crippen molar-refractivity contribution in [2.75, 3.05) is 13.2 Å². The number of pyridine rings is 1. The molecule has 0 aliphatic rings. The van der Waals surface area contributed by atoms with Gasteiger partial charge in [-0.25, -0.2) is 9.18 Å². The highest BCUT2D eigenvalue weighted by molar-refractivity contribution is 5.94. The highest BCUT2D eigenvalue weighted by Gasteiger charge is 2.22. The molecule has 31 heavy (non-hydrogen) atoms. The Hall–Kier alpha value is -3.19. The first-order chi connectivity index (χ1) is 14.8. The van der Waals surface area contributed by atoms with E-state index in [1.54, 1.807) is 41.8 Å². The molecule has 0 fully saturated rings. The maximum absolute atomic E-state index is 13.1. The first-order valence-corrected chi connectivity index (χ1v) is 10.2. The molecule has 1 aromatic heterocycles. The van der Waals surface area contributed by atoms with E-state index in [4.69, 9.17) is 9.47 Å². The van der Waals surface area contributed by atoms with Gasteiger partial charge in [0.2, 0.25) is 5.43 Å². The predicted octanol–water partition coefficient (Wildman–Crippen LogP) is 4.09. The SMILES string of the molecule is CCOC(=O)c1cn([C@H](CO)C(C)C)c2ccc(OCc3ccc(F)cc3)cc2c1=O. The van der Waals surface area contributed by atoms with Crippen LogP contribution in [0.25, 0.3) is 10.9 Å². The number of hydrogen-bond donors (Lipinski definition) is 1. The fraction of sp³-hybridized carbons (Fsp3) is 0.333. The summed E-state index contributed by atoms with van der Waals surface area (Å²) in [5, 5.41) is 10.2. The van der Waals surface area contributed by atoms with Crippen LogP contribution in [0.15, 0.2) is 53.5 Å². The molecule has 0 unspecified atom stereocenters. The molecular weight excluding hydrogens is 401 g/mol. The Balaban J connectivity index is 2.07. The van der Waals surface area contributed by atoms with Gasteiger partial charge in [-0.15, -0.1) is 0 Å². The van der Waals surface area contributed by atoms with Crippen LogP contribution in [0.3, 0.4) is 0 Å². The van der Waals surface area contributed by atoms with E-state index in [1.165, 1.54) is 18.3 Å². The van der Waals surface area contributed by atoms with E-state index >= 15 is 0 Å². The Morgan fingerprint density at radius 2 is 1.87 bits per heavy atom. The highest BCUT2D eigenvalue weighted by Crippen LogP contribution is 2.26. The van der Waals surface area contributed by atoms with Gasteiger partial charge in [0.25, 0.3) is 0 Å². The summed E-state index contributed by atoms with van der Waals surface area (Å²) >= 11 is 0. The number of carbonyl (C=O) groups excluding carboxylic acids is 1. The minimum Gasteiger partial charge on any atom is -0.489 e. The van der Waals surface area contributed by atoms with Gasteiger partial charge >= 0.3 is 5.97 Å². The molecule has 3 rings (SSSR count). The molecule has 1 atom stereocenters. The summed E-state index contributed by atoms with van der Waals surface area (Å²) in [5.41, 5.74) is 0.806. The zero-order valence-electron chi connectivity index (χ0n) is 17.8. The lowest BCUT2D eigenvalue weighted by molar-refractivity contribution is 0.0523. The number of benzene rings is 2. The van der Waals surface area contributed by atoms with E-state index < -0.39 is 11.4 Å². The van der Waals surface area contributed by atoms with Crippen LogP contribution in [0.1, 0.15) is 42.7 Å². The number of fused-ring (bicyclic) bond motifs is 1. The van der Waals surface area contributed by atoms with Crippen LogP contribution in [-0.4, -0.2) is 28.9 Å². The Morgan fingerprint density at radius 3 is 2.48 bits per heavy atom. The molecule has 0 radical (unpaired) electrons. The molecule has 0 aliphatic carbocycles. The van der Waals surface area contributed by atoms with E-state index in [1.807, 2.05) is 13.8 Å². The third kappa shape index (κ3) is 4.94. The number of rotatable bonds is 8. The van der Waals surface area contributed by atoms with Gasteiger partial charge in [-0.1, -0.05) is 26.0 Å². The lowest BCUT2D eigenvalue weighted by atomic mass is 10.0. The molecule has 164 valence electrons. The molecule has 3 aromatic rings. The Kier molecular flexibility index (Phi) is 7.07. The van der Waals surface area contributed by atoms with Crippen LogP contribution in [0.4, 0.5) is 4.39 Å². The summed E-state index contributed by atoms with van der Waals surface area (Å²) in [4.78, 5) is 25.5. The fourth-order valence-corrected chi connectivity index (χ4v) is 3.42. The van der Waals surface area contributed by atoms with Gasteiger partial charge in [-0.3, -0.25) is 4.79 Å². The normalized spacial score (nSPS) is 12.2. The van der Waals surface area contributed by atoms with Crippen LogP contribution in [0.5, 0.6) is 5.75 Å². The summed E-state index contributed by atoms with van der Waals surface area (Å²) in [6.45, 7) is 5.77. The number of aliphatic hydroxyl groups excluding tert-OH is 1. The molecule has 6 nitrogen and oxygen atoms in total. The van der Waals surface area contributed by atoms with Crippen LogP contribution >= 0.6 is 0 Å². The summed E-state index contributed by atoms with van der Waals surface area (Å²) in [6, 6.07) is 10.6. The molecule has 0 saturated heterocycles. The second-order valence-electron chi connectivity index (χ2n) is 7.59. The second-order valence-corrected chi connectivity index (χ2v) is 7.59. The minimum absolute atomic E-state index is 0.0557. The van der Waals surface area contributed by atoms with Gasteiger partial charge in [-0.05, 0) is 48.7 Å². The summed E-state index contributed by atoms with van der Waals surface area (Å²) in [6.07, 6.45) is 1.46. The number of ether oxygens (including phenoxy) is 2. The quantitative estimate of drug-likeness (QED) is 0.548. The van der Waals surface area contributed by atoms with E-state index in [9.17, 15) is 19.1 Å². The van der Waals surface area contributed by atoms with Gasteiger partial charge < -0.3 is 19.1 Å². The molecule has 0 bridgehead atoms. The Labute approximate surface area is 179 Å². The van der Waals surface area contributed by atoms with Crippen molar-refractivity contribution in [1.82, 2.24) is 4.57 Å². The van der Waals surface area contributed by atoms with Gasteiger partial charge in [0.15, 0.2) is 0 Å². The Bertz CT molecular complexity index is 1120. The summed E-state index contributed by atoms with van der Waals surface area (Å²) < 4.78 is 25.7. The standard InChI is InChI=1S/C24H26FNO5/c1-4-30-24(29)20-12-26(22(13-27)15(2)3)21-10-9-18(11-19(21)23(20)28)31-14-16-5-7-17(25)8-6-16/h5-12,15,22,27H,4,13-14H2,1-3H3/t22-/m1/s1. The number of aliphatic hydroxyl groups is 1. The van der Waals surface area contributed by atoms with Crippen LogP contribution < -0.4 is 10.2 Å². The van der Waals surface area contributed by atoms with Crippen molar-refractivity contribution in [3.63, 3.8) is 0 Å². The molecule has 1 heterocycles. The second kappa shape index (κ2) is 9.75. The lowest BCUT2D eigenvalue weighted by Crippen LogP contribution is -2.26. The summed E-state index contributed by atoms with van der Waals surface area (Å²) in [7, 11) is 0. The highest BCUT2D eigenvalue weighted by atomic mass is 19.1. The maximum atomic E-state index is 13.1. The van der Waals surface area contributed by atoms with Crippen LogP contribution in [-0.2, 0) is 11.3 Å².